The molecule has 2 unspecified atom stereocenters. The van der Waals surface area contributed by atoms with Gasteiger partial charge in [0, 0.05) is 13.2 Å². The molecular weight excluding hydrogens is 270 g/mol. The lowest BCUT2D eigenvalue weighted by Crippen LogP contribution is -2.43. The monoisotopic (exact) mass is 303 g/mol. The molecular formula is C16H33NO4. The highest BCUT2D eigenvalue weighted by atomic mass is 16.5. The van der Waals surface area contributed by atoms with Crippen molar-refractivity contribution in [2.45, 2.75) is 59.1 Å². The van der Waals surface area contributed by atoms with E-state index in [1.165, 1.54) is 7.11 Å². The maximum atomic E-state index is 11.6. The minimum absolute atomic E-state index is 0.284. The zero-order chi connectivity index (χ0) is 16.3. The van der Waals surface area contributed by atoms with Gasteiger partial charge in [-0.25, -0.2) is 0 Å². The van der Waals surface area contributed by atoms with E-state index in [9.17, 15) is 9.90 Å². The van der Waals surface area contributed by atoms with Gasteiger partial charge in [0.25, 0.3) is 0 Å². The van der Waals surface area contributed by atoms with Crippen LogP contribution >= 0.6 is 0 Å². The zero-order valence-corrected chi connectivity index (χ0v) is 14.2. The summed E-state index contributed by atoms with van der Waals surface area (Å²) in [6.45, 7) is 9.75. The quantitative estimate of drug-likeness (QED) is 0.426. The lowest BCUT2D eigenvalue weighted by Gasteiger charge is -2.20. The van der Waals surface area contributed by atoms with Crippen molar-refractivity contribution >= 4 is 5.97 Å². The molecule has 0 amide bonds. The Morgan fingerprint density at radius 2 is 1.86 bits per heavy atom. The molecule has 126 valence electrons. The normalized spacial score (nSPS) is 14.5. The van der Waals surface area contributed by atoms with Crippen LogP contribution in [0.1, 0.15) is 47.0 Å². The first-order valence-electron chi connectivity index (χ1n) is 7.93. The second kappa shape index (κ2) is 12.0. The predicted molar refractivity (Wildman–Crippen MR) is 84.2 cm³/mol. The maximum Gasteiger partial charge on any atom is 0.322 e. The Bertz CT molecular complexity index is 269. The molecule has 21 heavy (non-hydrogen) atoms. The molecule has 5 heteroatoms. The van der Waals surface area contributed by atoms with Gasteiger partial charge in [0.2, 0.25) is 0 Å². The summed E-state index contributed by atoms with van der Waals surface area (Å²) in [6.07, 6.45) is 2.22. The molecule has 0 bridgehead atoms. The van der Waals surface area contributed by atoms with E-state index in [4.69, 9.17) is 9.47 Å². The number of aliphatic hydroxyl groups excluding tert-OH is 1. The molecule has 2 N–H and O–H groups in total. The molecule has 5 nitrogen and oxygen atoms in total. The largest absolute Gasteiger partial charge is 0.468 e. The van der Waals surface area contributed by atoms with E-state index in [-0.39, 0.29) is 12.0 Å². The predicted octanol–water partition coefficient (Wildman–Crippen LogP) is 1.98. The van der Waals surface area contributed by atoms with Crippen molar-refractivity contribution in [3.63, 3.8) is 0 Å². The van der Waals surface area contributed by atoms with E-state index >= 15 is 0 Å². The molecule has 0 saturated carbocycles. The van der Waals surface area contributed by atoms with Crippen LogP contribution in [-0.4, -0.2) is 50.1 Å². The number of hydrogen-bond donors (Lipinski definition) is 2. The standard InChI is InChI=1S/C16H33NO4/c1-12(2)7-6-8-21-11-14(18)10-17-15(9-13(3)4)16(19)20-5/h12-15,17-18H,6-11H2,1-5H3. The lowest BCUT2D eigenvalue weighted by atomic mass is 10.0. The number of hydrogen-bond acceptors (Lipinski definition) is 5. The number of esters is 1. The Kier molecular flexibility index (Phi) is 11.6. The summed E-state index contributed by atoms with van der Waals surface area (Å²) in [7, 11) is 1.38. The van der Waals surface area contributed by atoms with E-state index in [1.807, 2.05) is 13.8 Å². The average Bonchev–Trinajstić information content (AvgIpc) is 2.41. The topological polar surface area (TPSA) is 67.8 Å². The summed E-state index contributed by atoms with van der Waals surface area (Å²) < 4.78 is 10.2. The molecule has 0 aromatic carbocycles. The number of methoxy groups -OCH3 is 1. The minimum Gasteiger partial charge on any atom is -0.468 e. The first-order valence-corrected chi connectivity index (χ1v) is 7.93. The zero-order valence-electron chi connectivity index (χ0n) is 14.2. The number of carbonyl (C=O) groups is 1. The fourth-order valence-electron chi connectivity index (χ4n) is 2.03. The van der Waals surface area contributed by atoms with Crippen LogP contribution in [-0.2, 0) is 14.3 Å². The smallest absolute Gasteiger partial charge is 0.322 e. The molecule has 0 radical (unpaired) electrons. The summed E-state index contributed by atoms with van der Waals surface area (Å²) in [5.74, 6) is 0.775. The van der Waals surface area contributed by atoms with Crippen molar-refractivity contribution in [1.29, 1.82) is 0 Å². The Morgan fingerprint density at radius 1 is 1.19 bits per heavy atom. The number of aliphatic hydroxyl groups is 1. The van der Waals surface area contributed by atoms with E-state index in [1.54, 1.807) is 0 Å². The van der Waals surface area contributed by atoms with Crippen LogP contribution in [0, 0.1) is 11.8 Å². The Balaban J connectivity index is 3.86. The van der Waals surface area contributed by atoms with E-state index < -0.39 is 6.10 Å². The van der Waals surface area contributed by atoms with Crippen LogP contribution in [0.3, 0.4) is 0 Å². The average molecular weight is 303 g/mol. The molecule has 0 aliphatic carbocycles. The van der Waals surface area contributed by atoms with Crippen molar-refractivity contribution in [3.05, 3.63) is 0 Å². The molecule has 0 rings (SSSR count). The summed E-state index contributed by atoms with van der Waals surface area (Å²) >= 11 is 0. The van der Waals surface area contributed by atoms with E-state index in [2.05, 4.69) is 19.2 Å². The molecule has 0 aromatic rings. The van der Waals surface area contributed by atoms with Gasteiger partial charge in [-0.3, -0.25) is 4.79 Å². The third kappa shape index (κ3) is 11.7. The fraction of sp³-hybridized carbons (Fsp3) is 0.938. The van der Waals surface area contributed by atoms with E-state index in [0.717, 1.165) is 12.8 Å². The minimum atomic E-state index is -0.608. The maximum absolute atomic E-state index is 11.6. The van der Waals surface area contributed by atoms with Gasteiger partial charge < -0.3 is 19.9 Å². The van der Waals surface area contributed by atoms with Gasteiger partial charge in [0.1, 0.15) is 6.04 Å². The number of carbonyl (C=O) groups excluding carboxylic acids is 1. The third-order valence-corrected chi connectivity index (χ3v) is 3.17. The number of rotatable bonds is 12. The molecule has 0 spiro atoms. The molecule has 0 fully saturated rings. The number of nitrogens with one attached hydrogen (secondary N) is 1. The molecule has 0 saturated heterocycles. The first-order chi connectivity index (χ1) is 9.86. The highest BCUT2D eigenvalue weighted by molar-refractivity contribution is 5.75. The van der Waals surface area contributed by atoms with Gasteiger partial charge in [-0.05, 0) is 31.1 Å². The molecule has 2 atom stereocenters. The van der Waals surface area contributed by atoms with Gasteiger partial charge in [-0.2, -0.15) is 0 Å². The number of ether oxygens (including phenoxy) is 2. The SMILES string of the molecule is COC(=O)C(CC(C)C)NCC(O)COCCCC(C)C. The molecule has 0 aliphatic heterocycles. The Morgan fingerprint density at radius 3 is 2.38 bits per heavy atom. The van der Waals surface area contributed by atoms with Crippen LogP contribution in [0.25, 0.3) is 0 Å². The fourth-order valence-corrected chi connectivity index (χ4v) is 2.03. The van der Waals surface area contributed by atoms with Crippen molar-refractivity contribution < 1.29 is 19.4 Å². The highest BCUT2D eigenvalue weighted by Crippen LogP contribution is 2.06. The van der Waals surface area contributed by atoms with Gasteiger partial charge in [0.05, 0.1) is 19.8 Å². The van der Waals surface area contributed by atoms with Crippen molar-refractivity contribution in [3.8, 4) is 0 Å². The second-order valence-electron chi connectivity index (χ2n) is 6.38. The van der Waals surface area contributed by atoms with Crippen LogP contribution < -0.4 is 5.32 Å². The lowest BCUT2D eigenvalue weighted by molar-refractivity contribution is -0.143. The van der Waals surface area contributed by atoms with Gasteiger partial charge in [0.15, 0.2) is 0 Å². The second-order valence-corrected chi connectivity index (χ2v) is 6.38. The summed E-state index contributed by atoms with van der Waals surface area (Å²) in [4.78, 5) is 11.6. The van der Waals surface area contributed by atoms with E-state index in [0.29, 0.717) is 38.0 Å². The van der Waals surface area contributed by atoms with Crippen molar-refractivity contribution in [2.24, 2.45) is 11.8 Å². The highest BCUT2D eigenvalue weighted by Gasteiger charge is 2.20. The molecule has 0 aromatic heterocycles. The van der Waals surface area contributed by atoms with Crippen LogP contribution in [0.4, 0.5) is 0 Å². The Hall–Kier alpha value is -0.650. The van der Waals surface area contributed by atoms with Gasteiger partial charge >= 0.3 is 5.97 Å². The Labute approximate surface area is 129 Å². The summed E-state index contributed by atoms with van der Waals surface area (Å²) in [6, 6.07) is -0.370. The third-order valence-electron chi connectivity index (χ3n) is 3.17. The molecule has 0 heterocycles. The summed E-state index contributed by atoms with van der Waals surface area (Å²) in [5, 5.41) is 12.9. The van der Waals surface area contributed by atoms with Gasteiger partial charge in [-0.15, -0.1) is 0 Å². The first kappa shape index (κ1) is 20.3. The van der Waals surface area contributed by atoms with Crippen LogP contribution in [0.5, 0.6) is 0 Å². The van der Waals surface area contributed by atoms with Crippen LogP contribution in [0.15, 0.2) is 0 Å². The van der Waals surface area contributed by atoms with Crippen LogP contribution in [0.2, 0.25) is 0 Å². The van der Waals surface area contributed by atoms with Crippen molar-refractivity contribution in [2.75, 3.05) is 26.9 Å². The van der Waals surface area contributed by atoms with Crippen molar-refractivity contribution in [1.82, 2.24) is 5.32 Å². The van der Waals surface area contributed by atoms with Gasteiger partial charge in [-0.1, -0.05) is 27.7 Å². The molecule has 0 aliphatic rings. The summed E-state index contributed by atoms with van der Waals surface area (Å²) in [5.41, 5.74) is 0.